The van der Waals surface area contributed by atoms with Crippen molar-refractivity contribution < 1.29 is 14.3 Å². The average molecular weight is 405 g/mol. The lowest BCUT2D eigenvalue weighted by Crippen LogP contribution is -2.38. The molecule has 1 aromatic heterocycles. The van der Waals surface area contributed by atoms with E-state index in [1.165, 1.54) is 11.3 Å². The molecule has 0 aliphatic carbocycles. The lowest BCUT2D eigenvalue weighted by Gasteiger charge is -2.26. The summed E-state index contributed by atoms with van der Waals surface area (Å²) in [5, 5.41) is 1.36. The second kappa shape index (κ2) is 7.27. The van der Waals surface area contributed by atoms with Gasteiger partial charge in [-0.2, -0.15) is 0 Å². The van der Waals surface area contributed by atoms with Crippen molar-refractivity contribution in [3.8, 4) is 0 Å². The Balaban J connectivity index is 1.63. The number of halogens is 2. The van der Waals surface area contributed by atoms with E-state index in [4.69, 9.17) is 21.1 Å². The van der Waals surface area contributed by atoms with Gasteiger partial charge in [-0.05, 0) is 12.1 Å². The number of thiophene rings is 1. The molecule has 1 fully saturated rings. The summed E-state index contributed by atoms with van der Waals surface area (Å²) in [6.45, 7) is 4.34. The van der Waals surface area contributed by atoms with Gasteiger partial charge in [0.1, 0.15) is 11.5 Å². The van der Waals surface area contributed by atoms with Gasteiger partial charge in [0.25, 0.3) is 0 Å². The number of benzene rings is 1. The minimum absolute atomic E-state index is 0.351. The molecule has 2 heterocycles. The Kier molecular flexibility index (Phi) is 5.36. The Morgan fingerprint density at radius 2 is 2.18 bits per heavy atom. The molecule has 1 aliphatic heterocycles. The van der Waals surface area contributed by atoms with Crippen LogP contribution in [0.2, 0.25) is 5.02 Å². The van der Waals surface area contributed by atoms with Crippen LogP contribution in [0.3, 0.4) is 0 Å². The van der Waals surface area contributed by atoms with Crippen LogP contribution < -0.4 is 0 Å². The van der Waals surface area contributed by atoms with Crippen molar-refractivity contribution in [1.29, 1.82) is 0 Å². The maximum absolute atomic E-state index is 12.2. The predicted octanol–water partition coefficient (Wildman–Crippen LogP) is 3.81. The number of esters is 1. The summed E-state index contributed by atoms with van der Waals surface area (Å²) >= 11 is 11.1. The van der Waals surface area contributed by atoms with E-state index in [1.54, 1.807) is 0 Å². The summed E-state index contributed by atoms with van der Waals surface area (Å²) in [6, 6.07) is 5.77. The van der Waals surface area contributed by atoms with Crippen LogP contribution >= 0.6 is 38.9 Å². The van der Waals surface area contributed by atoms with Gasteiger partial charge in [0, 0.05) is 34.2 Å². The van der Waals surface area contributed by atoms with Crippen molar-refractivity contribution in [1.82, 2.24) is 4.90 Å². The number of ether oxygens (including phenoxy) is 2. The minimum Gasteiger partial charge on any atom is -0.460 e. The molecule has 2 aromatic rings. The monoisotopic (exact) mass is 403 g/mol. The molecule has 3 rings (SSSR count). The summed E-state index contributed by atoms with van der Waals surface area (Å²) in [5.41, 5.74) is 0. The average Bonchev–Trinajstić information content (AvgIpc) is 2.84. The molecule has 118 valence electrons. The Bertz CT molecular complexity index is 685. The molecule has 1 aliphatic rings. The number of nitrogens with zero attached hydrogens (tertiary/aromatic N) is 1. The van der Waals surface area contributed by atoms with E-state index in [-0.39, 0.29) is 5.97 Å². The third-order valence-electron chi connectivity index (χ3n) is 3.52. The number of carbonyl (C=O) groups excluding carboxylic acids is 1. The molecule has 0 N–H and O–H groups in total. The van der Waals surface area contributed by atoms with Crippen LogP contribution in [0.25, 0.3) is 10.1 Å². The highest BCUT2D eigenvalue weighted by atomic mass is 79.9. The highest BCUT2D eigenvalue weighted by Crippen LogP contribution is 2.37. The maximum Gasteiger partial charge on any atom is 0.349 e. The van der Waals surface area contributed by atoms with Crippen LogP contribution in [0.15, 0.2) is 22.7 Å². The highest BCUT2D eigenvalue weighted by molar-refractivity contribution is 9.10. The maximum atomic E-state index is 12.2. The molecule has 0 bridgehead atoms. The Labute approximate surface area is 146 Å². The van der Waals surface area contributed by atoms with Gasteiger partial charge in [-0.3, -0.25) is 4.90 Å². The van der Waals surface area contributed by atoms with Crippen molar-refractivity contribution in [3.05, 3.63) is 32.6 Å². The summed E-state index contributed by atoms with van der Waals surface area (Å²) < 4.78 is 12.6. The van der Waals surface area contributed by atoms with Crippen LogP contribution in [0, 0.1) is 0 Å². The first-order chi connectivity index (χ1) is 10.6. The number of hydrogen-bond donors (Lipinski definition) is 0. The fraction of sp³-hybridized carbons (Fsp3) is 0.400. The molecule has 0 spiro atoms. The third-order valence-corrected chi connectivity index (χ3v) is 5.65. The van der Waals surface area contributed by atoms with E-state index in [0.717, 1.165) is 47.4 Å². The predicted molar refractivity (Wildman–Crippen MR) is 92.1 cm³/mol. The van der Waals surface area contributed by atoms with Crippen LogP contribution in [0.5, 0.6) is 0 Å². The number of fused-ring (bicyclic) bond motifs is 1. The SMILES string of the molecule is O=C(OCCN1CCOCC1)c1sc2cc(Br)ccc2c1Cl. The van der Waals surface area contributed by atoms with Crippen molar-refractivity contribution >= 4 is 54.9 Å². The van der Waals surface area contributed by atoms with Gasteiger partial charge in [0.2, 0.25) is 0 Å². The van der Waals surface area contributed by atoms with Crippen molar-refractivity contribution in [3.63, 3.8) is 0 Å². The van der Waals surface area contributed by atoms with Gasteiger partial charge in [0.05, 0.1) is 18.2 Å². The quantitative estimate of drug-likeness (QED) is 0.727. The zero-order valence-corrected chi connectivity index (χ0v) is 15.0. The minimum atomic E-state index is -0.351. The molecule has 0 radical (unpaired) electrons. The molecule has 0 atom stereocenters. The molecule has 22 heavy (non-hydrogen) atoms. The first-order valence-corrected chi connectivity index (χ1v) is 8.98. The summed E-state index contributed by atoms with van der Waals surface area (Å²) in [5.74, 6) is -0.351. The molecule has 7 heteroatoms. The molecule has 0 saturated carbocycles. The van der Waals surface area contributed by atoms with Crippen LogP contribution in [-0.2, 0) is 9.47 Å². The first-order valence-electron chi connectivity index (χ1n) is 7.00. The third kappa shape index (κ3) is 3.63. The van der Waals surface area contributed by atoms with Crippen molar-refractivity contribution in [2.45, 2.75) is 0 Å². The van der Waals surface area contributed by atoms with Crippen LogP contribution in [-0.4, -0.2) is 50.3 Å². The fourth-order valence-corrected chi connectivity index (χ4v) is 4.28. The molecular weight excluding hydrogens is 390 g/mol. The largest absolute Gasteiger partial charge is 0.460 e. The molecule has 1 saturated heterocycles. The van der Waals surface area contributed by atoms with E-state index in [1.807, 2.05) is 18.2 Å². The summed E-state index contributed by atoms with van der Waals surface area (Å²) in [7, 11) is 0. The van der Waals surface area contributed by atoms with Gasteiger partial charge in [-0.25, -0.2) is 4.79 Å². The molecule has 4 nitrogen and oxygen atoms in total. The lowest BCUT2D eigenvalue weighted by atomic mass is 10.2. The van der Waals surface area contributed by atoms with E-state index in [2.05, 4.69) is 20.8 Å². The molecular formula is C15H15BrClNO3S. The zero-order chi connectivity index (χ0) is 15.5. The molecule has 0 unspecified atom stereocenters. The number of morpholine rings is 1. The van der Waals surface area contributed by atoms with E-state index in [0.29, 0.717) is 16.5 Å². The second-order valence-electron chi connectivity index (χ2n) is 4.98. The number of hydrogen-bond acceptors (Lipinski definition) is 5. The van der Waals surface area contributed by atoms with Gasteiger partial charge >= 0.3 is 5.97 Å². The van der Waals surface area contributed by atoms with E-state index in [9.17, 15) is 4.79 Å². The Morgan fingerprint density at radius 3 is 2.95 bits per heavy atom. The first kappa shape index (κ1) is 16.2. The Morgan fingerprint density at radius 1 is 1.41 bits per heavy atom. The lowest BCUT2D eigenvalue weighted by molar-refractivity contribution is 0.0198. The number of carbonyl (C=O) groups is 1. The van der Waals surface area contributed by atoms with E-state index >= 15 is 0 Å². The highest BCUT2D eigenvalue weighted by Gasteiger charge is 2.19. The fourth-order valence-electron chi connectivity index (χ4n) is 2.33. The van der Waals surface area contributed by atoms with Crippen LogP contribution in [0.1, 0.15) is 9.67 Å². The number of rotatable bonds is 4. The zero-order valence-electron chi connectivity index (χ0n) is 11.8. The van der Waals surface area contributed by atoms with Crippen molar-refractivity contribution in [2.24, 2.45) is 0 Å². The van der Waals surface area contributed by atoms with E-state index < -0.39 is 0 Å². The topological polar surface area (TPSA) is 38.8 Å². The summed E-state index contributed by atoms with van der Waals surface area (Å²) in [6.07, 6.45) is 0. The smallest absolute Gasteiger partial charge is 0.349 e. The molecule has 1 aromatic carbocycles. The molecule has 0 amide bonds. The van der Waals surface area contributed by atoms with Gasteiger partial charge in [-0.1, -0.05) is 33.6 Å². The van der Waals surface area contributed by atoms with Crippen molar-refractivity contribution in [2.75, 3.05) is 39.5 Å². The van der Waals surface area contributed by atoms with Crippen LogP contribution in [0.4, 0.5) is 0 Å². The Hall–Kier alpha value is -0.660. The summed E-state index contributed by atoms with van der Waals surface area (Å²) in [4.78, 5) is 14.9. The van der Waals surface area contributed by atoms with Gasteiger partial charge in [0.15, 0.2) is 0 Å². The normalized spacial score (nSPS) is 16.1. The van der Waals surface area contributed by atoms with Gasteiger partial charge in [-0.15, -0.1) is 11.3 Å². The second-order valence-corrected chi connectivity index (χ2v) is 7.32. The van der Waals surface area contributed by atoms with Gasteiger partial charge < -0.3 is 9.47 Å². The standard InChI is InChI=1S/C15H15BrClNO3S/c16-10-1-2-11-12(9-10)22-14(13(11)17)15(19)21-8-5-18-3-6-20-7-4-18/h1-2,9H,3-8H2.